The molecule has 3 heteroatoms. The third kappa shape index (κ3) is 1.29. The summed E-state index contributed by atoms with van der Waals surface area (Å²) in [6.07, 6.45) is 3.10. The number of ketones is 1. The van der Waals surface area contributed by atoms with Crippen molar-refractivity contribution in [1.29, 1.82) is 0 Å². The molecule has 2 rings (SSSR count). The van der Waals surface area contributed by atoms with Crippen molar-refractivity contribution in [2.45, 2.75) is 24.1 Å². The summed E-state index contributed by atoms with van der Waals surface area (Å²) in [6.45, 7) is 0. The predicted molar refractivity (Wildman–Crippen MR) is 51.1 cm³/mol. The summed E-state index contributed by atoms with van der Waals surface area (Å²) in [7, 11) is 0. The quantitative estimate of drug-likeness (QED) is 0.598. The first kappa shape index (κ1) is 7.87. The highest BCUT2D eigenvalue weighted by Crippen LogP contribution is 2.40. The van der Waals surface area contributed by atoms with E-state index in [-0.39, 0.29) is 4.83 Å². The molecule has 60 valence electrons. The number of hydrogen-bond acceptors (Lipinski definition) is 2. The Bertz CT molecular complexity index is 234. The van der Waals surface area contributed by atoms with Crippen LogP contribution in [0.3, 0.4) is 0 Å². The van der Waals surface area contributed by atoms with Crippen molar-refractivity contribution in [2.75, 3.05) is 5.75 Å². The van der Waals surface area contributed by atoms with Crippen LogP contribution in [-0.4, -0.2) is 16.4 Å². The van der Waals surface area contributed by atoms with Crippen molar-refractivity contribution in [3.63, 3.8) is 0 Å². The van der Waals surface area contributed by atoms with Crippen LogP contribution in [0.15, 0.2) is 10.5 Å². The van der Waals surface area contributed by atoms with Crippen LogP contribution in [0.2, 0.25) is 0 Å². The molecule has 0 saturated carbocycles. The van der Waals surface area contributed by atoms with E-state index in [1.165, 1.54) is 4.91 Å². The van der Waals surface area contributed by atoms with Crippen molar-refractivity contribution in [1.82, 2.24) is 0 Å². The Labute approximate surface area is 78.7 Å². The van der Waals surface area contributed by atoms with Gasteiger partial charge in [0.15, 0.2) is 5.78 Å². The third-order valence-electron chi connectivity index (χ3n) is 2.17. The fourth-order valence-electron chi connectivity index (χ4n) is 1.56. The topological polar surface area (TPSA) is 17.1 Å². The lowest BCUT2D eigenvalue weighted by molar-refractivity contribution is -0.115. The largest absolute Gasteiger partial charge is 0.293 e. The zero-order valence-corrected chi connectivity index (χ0v) is 8.50. The number of Topliss-reactive ketones (excluding diaryl/α,β-unsaturated/α-hetero) is 1. The van der Waals surface area contributed by atoms with Crippen LogP contribution in [0.5, 0.6) is 0 Å². The SMILES string of the molecule is O=C1C2=C(CCC1Br)SCC2. The molecule has 1 nitrogen and oxygen atoms in total. The highest BCUT2D eigenvalue weighted by molar-refractivity contribution is 9.10. The molecule has 0 bridgehead atoms. The van der Waals surface area contributed by atoms with Gasteiger partial charge in [0.25, 0.3) is 0 Å². The Morgan fingerprint density at radius 1 is 1.45 bits per heavy atom. The molecule has 11 heavy (non-hydrogen) atoms. The van der Waals surface area contributed by atoms with Crippen LogP contribution in [0.1, 0.15) is 19.3 Å². The zero-order chi connectivity index (χ0) is 7.84. The van der Waals surface area contributed by atoms with Crippen molar-refractivity contribution >= 4 is 33.5 Å². The molecule has 1 atom stereocenters. The van der Waals surface area contributed by atoms with E-state index in [4.69, 9.17) is 0 Å². The average Bonchev–Trinajstić information content (AvgIpc) is 2.45. The van der Waals surface area contributed by atoms with Crippen molar-refractivity contribution in [2.24, 2.45) is 0 Å². The Morgan fingerprint density at radius 2 is 2.27 bits per heavy atom. The van der Waals surface area contributed by atoms with Gasteiger partial charge in [-0.05, 0) is 24.2 Å². The maximum Gasteiger partial charge on any atom is 0.173 e. The number of thioether (sulfide) groups is 1. The Balaban J connectivity index is 2.30. The zero-order valence-electron chi connectivity index (χ0n) is 6.10. The summed E-state index contributed by atoms with van der Waals surface area (Å²) < 4.78 is 0. The normalized spacial score (nSPS) is 31.0. The molecule has 0 N–H and O–H groups in total. The van der Waals surface area contributed by atoms with Gasteiger partial charge in [-0.2, -0.15) is 0 Å². The van der Waals surface area contributed by atoms with E-state index in [1.807, 2.05) is 11.8 Å². The minimum Gasteiger partial charge on any atom is -0.293 e. The van der Waals surface area contributed by atoms with Gasteiger partial charge in [0, 0.05) is 11.3 Å². The van der Waals surface area contributed by atoms with E-state index in [9.17, 15) is 4.79 Å². The Morgan fingerprint density at radius 3 is 3.09 bits per heavy atom. The maximum absolute atomic E-state index is 11.5. The second kappa shape index (κ2) is 2.94. The van der Waals surface area contributed by atoms with Gasteiger partial charge in [0.05, 0.1) is 4.83 Å². The molecular formula is C8H9BrOS. The molecule has 0 saturated heterocycles. The number of hydrogen-bond donors (Lipinski definition) is 0. The summed E-state index contributed by atoms with van der Waals surface area (Å²) in [4.78, 5) is 13.0. The molecule has 0 aromatic rings. The van der Waals surface area contributed by atoms with Gasteiger partial charge < -0.3 is 0 Å². The first-order valence-corrected chi connectivity index (χ1v) is 5.72. The average molecular weight is 233 g/mol. The van der Waals surface area contributed by atoms with E-state index in [0.717, 1.165) is 30.6 Å². The number of allylic oxidation sites excluding steroid dienone is 2. The first-order valence-electron chi connectivity index (χ1n) is 3.82. The van der Waals surface area contributed by atoms with Gasteiger partial charge in [0.1, 0.15) is 0 Å². The summed E-state index contributed by atoms with van der Waals surface area (Å²) in [5.74, 6) is 1.46. The monoisotopic (exact) mass is 232 g/mol. The van der Waals surface area contributed by atoms with Crippen molar-refractivity contribution in [3.05, 3.63) is 10.5 Å². The van der Waals surface area contributed by atoms with Crippen molar-refractivity contribution < 1.29 is 4.79 Å². The molecule has 0 fully saturated rings. The van der Waals surface area contributed by atoms with E-state index in [1.54, 1.807) is 0 Å². The molecule has 0 radical (unpaired) electrons. The van der Waals surface area contributed by atoms with Crippen LogP contribution in [0.25, 0.3) is 0 Å². The lowest BCUT2D eigenvalue weighted by Gasteiger charge is -2.16. The molecule has 2 aliphatic rings. The van der Waals surface area contributed by atoms with Crippen LogP contribution in [0, 0.1) is 0 Å². The molecule has 1 unspecified atom stereocenters. The predicted octanol–water partition coefficient (Wildman–Crippen LogP) is 2.50. The number of rotatable bonds is 0. The summed E-state index contributed by atoms with van der Waals surface area (Å²) in [5, 5.41) is 0. The summed E-state index contributed by atoms with van der Waals surface area (Å²) in [5.41, 5.74) is 1.11. The van der Waals surface area contributed by atoms with Crippen molar-refractivity contribution in [3.8, 4) is 0 Å². The number of halogens is 1. The molecule has 0 spiro atoms. The van der Waals surface area contributed by atoms with E-state index >= 15 is 0 Å². The van der Waals surface area contributed by atoms with Gasteiger partial charge in [-0.1, -0.05) is 15.9 Å². The molecule has 1 aliphatic heterocycles. The second-order valence-electron chi connectivity index (χ2n) is 2.87. The first-order chi connectivity index (χ1) is 5.29. The van der Waals surface area contributed by atoms with Gasteiger partial charge >= 0.3 is 0 Å². The minimum atomic E-state index is 0.111. The van der Waals surface area contributed by atoms with Crippen LogP contribution in [0.4, 0.5) is 0 Å². The van der Waals surface area contributed by atoms with E-state index in [0.29, 0.717) is 5.78 Å². The van der Waals surface area contributed by atoms with E-state index < -0.39 is 0 Å². The minimum absolute atomic E-state index is 0.111. The fourth-order valence-corrected chi connectivity index (χ4v) is 3.26. The lowest BCUT2D eigenvalue weighted by Crippen LogP contribution is -2.20. The fraction of sp³-hybridized carbons (Fsp3) is 0.625. The molecule has 0 amide bonds. The summed E-state index contributed by atoms with van der Waals surface area (Å²) >= 11 is 5.27. The molecule has 0 aromatic heterocycles. The lowest BCUT2D eigenvalue weighted by atomic mass is 9.96. The number of alkyl halides is 1. The third-order valence-corrected chi connectivity index (χ3v) is 4.25. The molecule has 1 heterocycles. The van der Waals surface area contributed by atoms with Crippen LogP contribution >= 0.6 is 27.7 Å². The van der Waals surface area contributed by atoms with Crippen LogP contribution in [-0.2, 0) is 4.79 Å². The van der Waals surface area contributed by atoms with Gasteiger partial charge in [-0.25, -0.2) is 0 Å². The molecule has 0 aromatic carbocycles. The highest BCUT2D eigenvalue weighted by Gasteiger charge is 2.30. The maximum atomic E-state index is 11.5. The molecular weight excluding hydrogens is 224 g/mol. The summed E-state index contributed by atoms with van der Waals surface area (Å²) in [6, 6.07) is 0. The number of carbonyl (C=O) groups excluding carboxylic acids is 1. The molecule has 1 aliphatic carbocycles. The highest BCUT2D eigenvalue weighted by atomic mass is 79.9. The second-order valence-corrected chi connectivity index (χ2v) is 5.17. The smallest absolute Gasteiger partial charge is 0.173 e. The number of carbonyl (C=O) groups is 1. The van der Waals surface area contributed by atoms with Gasteiger partial charge in [-0.15, -0.1) is 11.8 Å². The Hall–Kier alpha value is 0.240. The van der Waals surface area contributed by atoms with Gasteiger partial charge in [-0.3, -0.25) is 4.79 Å². The van der Waals surface area contributed by atoms with Gasteiger partial charge in [0.2, 0.25) is 0 Å². The standard InChI is InChI=1S/C8H9BrOS/c9-6-1-2-7-5(8(6)10)3-4-11-7/h6H,1-4H2. The van der Waals surface area contributed by atoms with E-state index in [2.05, 4.69) is 15.9 Å². The Kier molecular flexibility index (Phi) is 2.10. The van der Waals surface area contributed by atoms with Crippen LogP contribution < -0.4 is 0 Å².